The standard InChI is InChI=1S/C27H19BrClN3/c28-23-15-22(16-24(29)17-23)27-31-25(20-9-5-2-6-10-20)30-26(32-27)21-13-11-19(12-14-21)18-7-3-1-4-8-18/h1-11,13,15-17H,12,14H2. The fraction of sp³-hybridized carbons (Fsp3) is 0.0741. The molecule has 0 saturated heterocycles. The van der Waals surface area contributed by atoms with Gasteiger partial charge in [-0.25, -0.2) is 15.0 Å². The molecule has 0 atom stereocenters. The average molecular weight is 501 g/mol. The molecule has 4 aromatic rings. The molecule has 0 bridgehead atoms. The van der Waals surface area contributed by atoms with Crippen LogP contribution in [0.25, 0.3) is 33.9 Å². The van der Waals surface area contributed by atoms with Crippen LogP contribution in [-0.4, -0.2) is 15.0 Å². The Morgan fingerprint density at radius 3 is 1.78 bits per heavy atom. The zero-order valence-electron chi connectivity index (χ0n) is 17.2. The number of rotatable bonds is 4. The summed E-state index contributed by atoms with van der Waals surface area (Å²) in [6.07, 6.45) is 6.13. The predicted octanol–water partition coefficient (Wildman–Crippen LogP) is 7.88. The van der Waals surface area contributed by atoms with E-state index in [4.69, 9.17) is 26.6 Å². The molecule has 32 heavy (non-hydrogen) atoms. The van der Waals surface area contributed by atoms with Crippen molar-refractivity contribution >= 4 is 38.7 Å². The Bertz CT molecular complexity index is 1310. The van der Waals surface area contributed by atoms with Crippen molar-refractivity contribution in [2.24, 2.45) is 0 Å². The molecule has 1 aliphatic rings. The van der Waals surface area contributed by atoms with Gasteiger partial charge in [-0.15, -0.1) is 0 Å². The molecule has 5 heteroatoms. The molecule has 3 aromatic carbocycles. The maximum atomic E-state index is 6.30. The summed E-state index contributed by atoms with van der Waals surface area (Å²) in [5, 5.41) is 0.630. The Hall–Kier alpha value is -3.08. The predicted molar refractivity (Wildman–Crippen MR) is 135 cm³/mol. The van der Waals surface area contributed by atoms with E-state index in [2.05, 4.69) is 52.3 Å². The first-order chi connectivity index (χ1) is 15.7. The van der Waals surface area contributed by atoms with Crippen molar-refractivity contribution in [2.75, 3.05) is 0 Å². The third-order valence-electron chi connectivity index (χ3n) is 5.37. The molecule has 0 N–H and O–H groups in total. The lowest BCUT2D eigenvalue weighted by Crippen LogP contribution is -2.04. The monoisotopic (exact) mass is 499 g/mol. The van der Waals surface area contributed by atoms with Crippen molar-refractivity contribution in [1.29, 1.82) is 0 Å². The molecule has 1 aromatic heterocycles. The van der Waals surface area contributed by atoms with Crippen molar-refractivity contribution in [1.82, 2.24) is 15.0 Å². The summed E-state index contributed by atoms with van der Waals surface area (Å²) in [5.74, 6) is 1.96. The van der Waals surface area contributed by atoms with Crippen LogP contribution in [0.4, 0.5) is 0 Å². The van der Waals surface area contributed by atoms with Crippen LogP contribution in [0.1, 0.15) is 24.2 Å². The zero-order chi connectivity index (χ0) is 21.9. The quantitative estimate of drug-likeness (QED) is 0.286. The van der Waals surface area contributed by atoms with E-state index >= 15 is 0 Å². The average Bonchev–Trinajstić information content (AvgIpc) is 2.84. The molecule has 0 spiro atoms. The highest BCUT2D eigenvalue weighted by atomic mass is 79.9. The van der Waals surface area contributed by atoms with E-state index < -0.39 is 0 Å². The lowest BCUT2D eigenvalue weighted by atomic mass is 9.93. The minimum atomic E-state index is 0.607. The molecule has 0 unspecified atom stereocenters. The van der Waals surface area contributed by atoms with Crippen molar-refractivity contribution in [3.8, 4) is 22.8 Å². The summed E-state index contributed by atoms with van der Waals surface area (Å²) in [6, 6.07) is 26.2. The maximum absolute atomic E-state index is 6.30. The number of hydrogen-bond donors (Lipinski definition) is 0. The van der Waals surface area contributed by atoms with Gasteiger partial charge in [-0.3, -0.25) is 0 Å². The van der Waals surface area contributed by atoms with Crippen LogP contribution in [0.15, 0.2) is 95.5 Å². The highest BCUT2D eigenvalue weighted by molar-refractivity contribution is 9.10. The number of hydrogen-bond acceptors (Lipinski definition) is 3. The summed E-state index contributed by atoms with van der Waals surface area (Å²) in [6.45, 7) is 0. The summed E-state index contributed by atoms with van der Waals surface area (Å²) >= 11 is 9.82. The topological polar surface area (TPSA) is 38.7 Å². The number of halogens is 2. The minimum absolute atomic E-state index is 0.607. The van der Waals surface area contributed by atoms with E-state index in [1.807, 2.05) is 54.6 Å². The van der Waals surface area contributed by atoms with E-state index in [1.165, 1.54) is 11.1 Å². The lowest BCUT2D eigenvalue weighted by Gasteiger charge is -2.15. The Kier molecular flexibility index (Phi) is 5.97. The number of allylic oxidation sites excluding steroid dienone is 4. The Labute approximate surface area is 200 Å². The van der Waals surface area contributed by atoms with Crippen molar-refractivity contribution in [3.63, 3.8) is 0 Å². The van der Waals surface area contributed by atoms with E-state index in [1.54, 1.807) is 0 Å². The maximum Gasteiger partial charge on any atom is 0.164 e. The van der Waals surface area contributed by atoms with Crippen LogP contribution in [0.5, 0.6) is 0 Å². The zero-order valence-corrected chi connectivity index (χ0v) is 19.5. The van der Waals surface area contributed by atoms with Crippen LogP contribution >= 0.6 is 27.5 Å². The van der Waals surface area contributed by atoms with Gasteiger partial charge in [0.25, 0.3) is 0 Å². The van der Waals surface area contributed by atoms with Crippen molar-refractivity contribution in [3.05, 3.63) is 112 Å². The van der Waals surface area contributed by atoms with Gasteiger partial charge in [-0.1, -0.05) is 100 Å². The summed E-state index contributed by atoms with van der Waals surface area (Å²) in [7, 11) is 0. The smallest absolute Gasteiger partial charge is 0.164 e. The molecular weight excluding hydrogens is 482 g/mol. The molecular formula is C27H19BrClN3. The van der Waals surface area contributed by atoms with Crippen molar-refractivity contribution in [2.45, 2.75) is 12.8 Å². The second kappa shape index (κ2) is 9.19. The van der Waals surface area contributed by atoms with Crippen LogP contribution in [0, 0.1) is 0 Å². The molecule has 0 saturated carbocycles. The molecule has 156 valence electrons. The highest BCUT2D eigenvalue weighted by Gasteiger charge is 2.16. The van der Waals surface area contributed by atoms with Gasteiger partial charge in [-0.05, 0) is 47.8 Å². The largest absolute Gasteiger partial charge is 0.209 e. The summed E-state index contributed by atoms with van der Waals surface area (Å²) in [5.41, 5.74) is 5.49. The highest BCUT2D eigenvalue weighted by Crippen LogP contribution is 2.32. The third kappa shape index (κ3) is 4.57. The number of aromatic nitrogens is 3. The van der Waals surface area contributed by atoms with E-state index in [0.717, 1.165) is 34.0 Å². The fourth-order valence-corrected chi connectivity index (χ4v) is 4.62. The lowest BCUT2D eigenvalue weighted by molar-refractivity contribution is 0.985. The molecule has 3 nitrogen and oxygen atoms in total. The Morgan fingerprint density at radius 1 is 0.594 bits per heavy atom. The van der Waals surface area contributed by atoms with Gasteiger partial charge >= 0.3 is 0 Å². The van der Waals surface area contributed by atoms with Gasteiger partial charge in [0, 0.05) is 20.6 Å². The SMILES string of the molecule is Clc1cc(Br)cc(-c2nc(C3=CC=C(c4ccccc4)CC3)nc(-c3ccccc3)n2)c1. The summed E-state index contributed by atoms with van der Waals surface area (Å²) < 4.78 is 0.885. The molecule has 0 aliphatic heterocycles. The number of benzene rings is 3. The summed E-state index contributed by atoms with van der Waals surface area (Å²) in [4.78, 5) is 14.4. The molecule has 1 aliphatic carbocycles. The first kappa shape index (κ1) is 20.8. The molecule has 5 rings (SSSR count). The minimum Gasteiger partial charge on any atom is -0.209 e. The molecule has 0 fully saturated rings. The second-order valence-corrected chi connectivity index (χ2v) is 8.93. The van der Waals surface area contributed by atoms with Crippen LogP contribution in [0.2, 0.25) is 5.02 Å². The first-order valence-electron chi connectivity index (χ1n) is 10.4. The Morgan fingerprint density at radius 2 is 1.16 bits per heavy atom. The van der Waals surface area contributed by atoms with Gasteiger partial charge in [0.05, 0.1) is 0 Å². The second-order valence-electron chi connectivity index (χ2n) is 7.58. The molecule has 1 heterocycles. The van der Waals surface area contributed by atoms with Gasteiger partial charge in [0.1, 0.15) is 0 Å². The third-order valence-corrected chi connectivity index (χ3v) is 6.05. The fourth-order valence-electron chi connectivity index (χ4n) is 3.76. The van der Waals surface area contributed by atoms with Crippen LogP contribution in [0.3, 0.4) is 0 Å². The van der Waals surface area contributed by atoms with E-state index in [-0.39, 0.29) is 0 Å². The van der Waals surface area contributed by atoms with Gasteiger partial charge < -0.3 is 0 Å². The first-order valence-corrected chi connectivity index (χ1v) is 11.6. The van der Waals surface area contributed by atoms with Gasteiger partial charge in [-0.2, -0.15) is 0 Å². The Balaban J connectivity index is 1.60. The number of nitrogens with zero attached hydrogens (tertiary/aromatic N) is 3. The van der Waals surface area contributed by atoms with Gasteiger partial charge in [0.15, 0.2) is 17.5 Å². The molecule has 0 radical (unpaired) electrons. The van der Waals surface area contributed by atoms with Crippen LogP contribution in [-0.2, 0) is 0 Å². The van der Waals surface area contributed by atoms with E-state index in [9.17, 15) is 0 Å². The van der Waals surface area contributed by atoms with E-state index in [0.29, 0.717) is 22.5 Å². The normalized spacial score (nSPS) is 13.4. The van der Waals surface area contributed by atoms with Crippen molar-refractivity contribution < 1.29 is 0 Å². The molecule has 0 amide bonds. The van der Waals surface area contributed by atoms with Gasteiger partial charge in [0.2, 0.25) is 0 Å². The van der Waals surface area contributed by atoms with Crippen LogP contribution < -0.4 is 0 Å².